The van der Waals surface area contributed by atoms with E-state index in [4.69, 9.17) is 9.84 Å². The molecule has 18 heavy (non-hydrogen) atoms. The summed E-state index contributed by atoms with van der Waals surface area (Å²) in [6, 6.07) is -0.0211. The molecular weight excluding hydrogens is 238 g/mol. The van der Waals surface area contributed by atoms with Crippen molar-refractivity contribution in [2.75, 3.05) is 13.2 Å². The summed E-state index contributed by atoms with van der Waals surface area (Å²) in [5.41, 5.74) is -0.0851. The number of aromatic nitrogens is 2. The molecule has 0 spiro atoms. The zero-order valence-corrected chi connectivity index (χ0v) is 9.63. The molecular formula is C11H13N3O4. The van der Waals surface area contributed by atoms with Gasteiger partial charge in [-0.3, -0.25) is 4.79 Å². The molecule has 2 rings (SSSR count). The van der Waals surface area contributed by atoms with E-state index in [9.17, 15) is 9.59 Å². The molecule has 96 valence electrons. The Morgan fingerprint density at radius 2 is 2.06 bits per heavy atom. The summed E-state index contributed by atoms with van der Waals surface area (Å²) < 4.78 is 5.24. The zero-order chi connectivity index (χ0) is 13.0. The Morgan fingerprint density at radius 3 is 2.61 bits per heavy atom. The highest BCUT2D eigenvalue weighted by atomic mass is 16.5. The van der Waals surface area contributed by atoms with Crippen molar-refractivity contribution in [3.05, 3.63) is 23.8 Å². The van der Waals surface area contributed by atoms with Crippen LogP contribution in [0.1, 0.15) is 33.8 Å². The minimum absolute atomic E-state index is 0.0211. The van der Waals surface area contributed by atoms with Gasteiger partial charge in [0.15, 0.2) is 5.69 Å². The molecule has 0 aromatic carbocycles. The maximum absolute atomic E-state index is 11.8. The summed E-state index contributed by atoms with van der Waals surface area (Å²) in [5, 5.41) is 11.4. The van der Waals surface area contributed by atoms with Gasteiger partial charge in [-0.15, -0.1) is 0 Å². The lowest BCUT2D eigenvalue weighted by Gasteiger charge is -2.22. The smallest absolute Gasteiger partial charge is 0.356 e. The molecule has 7 nitrogen and oxygen atoms in total. The van der Waals surface area contributed by atoms with Crippen molar-refractivity contribution in [2.45, 2.75) is 18.9 Å². The number of amides is 1. The average molecular weight is 251 g/mol. The molecule has 1 amide bonds. The number of carbonyl (C=O) groups is 2. The monoisotopic (exact) mass is 251 g/mol. The quantitative estimate of drug-likeness (QED) is 0.789. The minimum atomic E-state index is -1.17. The largest absolute Gasteiger partial charge is 0.476 e. The second-order valence-electron chi connectivity index (χ2n) is 3.98. The zero-order valence-electron chi connectivity index (χ0n) is 9.63. The third-order valence-corrected chi connectivity index (χ3v) is 2.60. The molecule has 2 heterocycles. The number of carboxylic acid groups (broad SMARTS) is 1. The summed E-state index contributed by atoms with van der Waals surface area (Å²) in [6.07, 6.45) is 4.00. The molecule has 0 aliphatic carbocycles. The molecule has 7 heteroatoms. The molecule has 1 aromatic rings. The van der Waals surface area contributed by atoms with E-state index in [-0.39, 0.29) is 23.3 Å². The van der Waals surface area contributed by atoms with E-state index in [0.717, 1.165) is 31.8 Å². The van der Waals surface area contributed by atoms with Gasteiger partial charge in [-0.05, 0) is 12.8 Å². The molecule has 1 aliphatic rings. The average Bonchev–Trinajstić information content (AvgIpc) is 2.40. The van der Waals surface area contributed by atoms with Crippen LogP contribution in [0.25, 0.3) is 0 Å². The molecule has 2 N–H and O–H groups in total. The summed E-state index contributed by atoms with van der Waals surface area (Å²) >= 11 is 0. The number of nitrogens with zero attached hydrogens (tertiary/aromatic N) is 2. The molecule has 0 saturated carbocycles. The molecule has 1 aromatic heterocycles. The highest BCUT2D eigenvalue weighted by Crippen LogP contribution is 2.06. The molecule has 1 saturated heterocycles. The standard InChI is InChI=1S/C11H13N3O4/c15-10(14-7-2-1-3-18-6-7)8-4-13-9(5-12-8)11(16)17/h4-5,7H,1-3,6H2,(H,14,15)(H,16,17). The number of carboxylic acids is 1. The first-order valence-electron chi connectivity index (χ1n) is 5.61. The van der Waals surface area contributed by atoms with Gasteiger partial charge in [0.25, 0.3) is 5.91 Å². The van der Waals surface area contributed by atoms with Gasteiger partial charge in [0.1, 0.15) is 5.69 Å². The van der Waals surface area contributed by atoms with E-state index < -0.39 is 5.97 Å². The highest BCUT2D eigenvalue weighted by molar-refractivity contribution is 5.92. The summed E-state index contributed by atoms with van der Waals surface area (Å²) in [6.45, 7) is 1.21. The van der Waals surface area contributed by atoms with Crippen molar-refractivity contribution in [1.29, 1.82) is 0 Å². The predicted octanol–water partition coefficient (Wildman–Crippen LogP) is 0.0836. The number of hydrogen-bond acceptors (Lipinski definition) is 5. The Balaban J connectivity index is 1.97. The molecule has 0 radical (unpaired) electrons. The van der Waals surface area contributed by atoms with Crippen LogP contribution in [0, 0.1) is 0 Å². The fourth-order valence-electron chi connectivity index (χ4n) is 1.67. The topological polar surface area (TPSA) is 101 Å². The first-order valence-corrected chi connectivity index (χ1v) is 5.61. The van der Waals surface area contributed by atoms with E-state index in [2.05, 4.69) is 15.3 Å². The number of rotatable bonds is 3. The first kappa shape index (κ1) is 12.4. The Bertz CT molecular complexity index is 440. The Labute approximate surface area is 103 Å². The third kappa shape index (κ3) is 3.01. The van der Waals surface area contributed by atoms with Gasteiger partial charge in [-0.1, -0.05) is 0 Å². The SMILES string of the molecule is O=C(O)c1cnc(C(=O)NC2CCCOC2)cn1. The Hall–Kier alpha value is -2.02. The van der Waals surface area contributed by atoms with Gasteiger partial charge in [0.2, 0.25) is 0 Å². The van der Waals surface area contributed by atoms with Crippen LogP contribution in [0.5, 0.6) is 0 Å². The van der Waals surface area contributed by atoms with Crippen molar-refractivity contribution in [3.8, 4) is 0 Å². The number of aromatic carboxylic acids is 1. The number of ether oxygens (including phenoxy) is 1. The Kier molecular flexibility index (Phi) is 3.83. The van der Waals surface area contributed by atoms with Crippen LogP contribution < -0.4 is 5.32 Å². The van der Waals surface area contributed by atoms with Crippen molar-refractivity contribution < 1.29 is 19.4 Å². The third-order valence-electron chi connectivity index (χ3n) is 2.60. The fourth-order valence-corrected chi connectivity index (χ4v) is 1.67. The van der Waals surface area contributed by atoms with Gasteiger partial charge in [0.05, 0.1) is 25.0 Å². The number of hydrogen-bond donors (Lipinski definition) is 2. The summed E-state index contributed by atoms with van der Waals surface area (Å²) in [7, 11) is 0. The van der Waals surface area contributed by atoms with Crippen molar-refractivity contribution in [2.24, 2.45) is 0 Å². The van der Waals surface area contributed by atoms with Crippen LogP contribution in [0.2, 0.25) is 0 Å². The second kappa shape index (κ2) is 5.54. The van der Waals surface area contributed by atoms with Crippen LogP contribution in [-0.2, 0) is 4.74 Å². The molecule has 1 fully saturated rings. The molecule has 0 bridgehead atoms. The van der Waals surface area contributed by atoms with E-state index in [1.54, 1.807) is 0 Å². The summed E-state index contributed by atoms with van der Waals surface area (Å²) in [5.74, 6) is -1.54. The predicted molar refractivity (Wildman–Crippen MR) is 60.3 cm³/mol. The van der Waals surface area contributed by atoms with Crippen LogP contribution in [-0.4, -0.2) is 46.2 Å². The lowest BCUT2D eigenvalue weighted by molar-refractivity contribution is 0.0620. The number of nitrogens with one attached hydrogen (secondary N) is 1. The van der Waals surface area contributed by atoms with Crippen LogP contribution in [0.15, 0.2) is 12.4 Å². The molecule has 1 aliphatic heterocycles. The lowest BCUT2D eigenvalue weighted by Crippen LogP contribution is -2.41. The van der Waals surface area contributed by atoms with Gasteiger partial charge in [-0.2, -0.15) is 0 Å². The number of carbonyl (C=O) groups excluding carboxylic acids is 1. The van der Waals surface area contributed by atoms with Crippen LogP contribution in [0.4, 0.5) is 0 Å². The van der Waals surface area contributed by atoms with E-state index in [1.165, 1.54) is 0 Å². The van der Waals surface area contributed by atoms with Crippen LogP contribution in [0.3, 0.4) is 0 Å². The molecule has 1 unspecified atom stereocenters. The van der Waals surface area contributed by atoms with Crippen molar-refractivity contribution >= 4 is 11.9 Å². The fraction of sp³-hybridized carbons (Fsp3) is 0.455. The van der Waals surface area contributed by atoms with Gasteiger partial charge >= 0.3 is 5.97 Å². The highest BCUT2D eigenvalue weighted by Gasteiger charge is 2.18. The maximum Gasteiger partial charge on any atom is 0.356 e. The maximum atomic E-state index is 11.8. The van der Waals surface area contributed by atoms with E-state index in [1.807, 2.05) is 0 Å². The van der Waals surface area contributed by atoms with Crippen molar-refractivity contribution in [1.82, 2.24) is 15.3 Å². The molecule has 1 atom stereocenters. The van der Waals surface area contributed by atoms with Crippen molar-refractivity contribution in [3.63, 3.8) is 0 Å². The normalized spacial score (nSPS) is 19.2. The van der Waals surface area contributed by atoms with Gasteiger partial charge in [0, 0.05) is 6.61 Å². The van der Waals surface area contributed by atoms with Gasteiger partial charge in [-0.25, -0.2) is 14.8 Å². The lowest BCUT2D eigenvalue weighted by atomic mass is 10.1. The van der Waals surface area contributed by atoms with Gasteiger partial charge < -0.3 is 15.2 Å². The van der Waals surface area contributed by atoms with E-state index in [0.29, 0.717) is 6.61 Å². The van der Waals surface area contributed by atoms with E-state index >= 15 is 0 Å². The van der Waals surface area contributed by atoms with Crippen LogP contribution >= 0.6 is 0 Å². The minimum Gasteiger partial charge on any atom is -0.476 e. The summed E-state index contributed by atoms with van der Waals surface area (Å²) in [4.78, 5) is 29.8. The Morgan fingerprint density at radius 1 is 1.33 bits per heavy atom. The first-order chi connectivity index (χ1) is 8.66. The second-order valence-corrected chi connectivity index (χ2v) is 3.98.